The van der Waals surface area contributed by atoms with Crippen LogP contribution in [0.25, 0.3) is 0 Å². The third-order valence-electron chi connectivity index (χ3n) is 2.68. The average Bonchev–Trinajstić information content (AvgIpc) is 2.27. The Balaban J connectivity index is 2.75. The summed E-state index contributed by atoms with van der Waals surface area (Å²) in [6.45, 7) is 8.36. The smallest absolute Gasteiger partial charge is 0.0236 e. The quantitative estimate of drug-likeness (QED) is 0.439. The first-order valence-corrected chi connectivity index (χ1v) is 6.23. The maximum Gasteiger partial charge on any atom is 0.0236 e. The van der Waals surface area contributed by atoms with E-state index in [4.69, 9.17) is 0 Å². The highest BCUT2D eigenvalue weighted by molar-refractivity contribution is 14.1. The molecule has 0 bridgehead atoms. The van der Waals surface area contributed by atoms with E-state index in [2.05, 4.69) is 73.3 Å². The van der Waals surface area contributed by atoms with Crippen molar-refractivity contribution in [2.75, 3.05) is 0 Å². The molecule has 0 amide bonds. The number of hydrogen-bond donors (Lipinski definition) is 0. The van der Waals surface area contributed by atoms with Crippen molar-refractivity contribution in [3.05, 3.63) is 48.6 Å². The van der Waals surface area contributed by atoms with Crippen molar-refractivity contribution in [2.45, 2.75) is 23.7 Å². The molecule has 0 aliphatic heterocycles. The summed E-state index contributed by atoms with van der Waals surface area (Å²) in [5.41, 5.74) is 1.42. The summed E-state index contributed by atoms with van der Waals surface area (Å²) in [6.07, 6.45) is 2.04. The lowest BCUT2D eigenvalue weighted by atomic mass is 9.91. The van der Waals surface area contributed by atoms with Crippen LogP contribution in [-0.4, -0.2) is 3.92 Å². The van der Waals surface area contributed by atoms with Gasteiger partial charge in [0.15, 0.2) is 0 Å². The first kappa shape index (κ1) is 11.8. The lowest BCUT2D eigenvalue weighted by Crippen LogP contribution is -2.16. The highest BCUT2D eigenvalue weighted by Gasteiger charge is 2.19. The van der Waals surface area contributed by atoms with Gasteiger partial charge in [0.25, 0.3) is 0 Å². The van der Waals surface area contributed by atoms with Gasteiger partial charge in [-0.1, -0.05) is 72.8 Å². The molecular formula is C13H17I. The molecular weight excluding hydrogens is 283 g/mol. The molecule has 0 heterocycles. The summed E-state index contributed by atoms with van der Waals surface area (Å²) in [6, 6.07) is 10.7. The number of alkyl halides is 1. The predicted molar refractivity (Wildman–Crippen MR) is 72.0 cm³/mol. The number of rotatable bonds is 4. The molecule has 1 rings (SSSR count). The molecule has 0 N–H and O–H groups in total. The van der Waals surface area contributed by atoms with E-state index in [1.807, 2.05) is 6.08 Å². The summed E-state index contributed by atoms with van der Waals surface area (Å²) in [4.78, 5) is 0. The van der Waals surface area contributed by atoms with Crippen molar-refractivity contribution in [3.63, 3.8) is 0 Å². The van der Waals surface area contributed by atoms with E-state index >= 15 is 0 Å². The van der Waals surface area contributed by atoms with Crippen LogP contribution in [0.1, 0.15) is 25.3 Å². The number of allylic oxidation sites excluding steroid dienone is 1. The summed E-state index contributed by atoms with van der Waals surface area (Å²) in [7, 11) is 0. The predicted octanol–water partition coefficient (Wildman–Crippen LogP) is 4.42. The van der Waals surface area contributed by atoms with Gasteiger partial charge in [-0.05, 0) is 17.4 Å². The van der Waals surface area contributed by atoms with Gasteiger partial charge in [-0.25, -0.2) is 0 Å². The molecule has 0 fully saturated rings. The SMILES string of the molecule is C=CC(C)C(I)C(C)c1ccccc1. The van der Waals surface area contributed by atoms with E-state index in [0.29, 0.717) is 15.8 Å². The molecule has 0 saturated carbocycles. The molecule has 0 aromatic heterocycles. The molecule has 0 aliphatic carbocycles. The van der Waals surface area contributed by atoms with Crippen molar-refractivity contribution in [1.82, 2.24) is 0 Å². The third kappa shape index (κ3) is 2.84. The molecule has 0 aliphatic rings. The molecule has 0 saturated heterocycles. The van der Waals surface area contributed by atoms with Crippen LogP contribution in [0, 0.1) is 5.92 Å². The molecule has 76 valence electrons. The highest BCUT2D eigenvalue weighted by Crippen LogP contribution is 2.30. The fourth-order valence-electron chi connectivity index (χ4n) is 1.53. The fraction of sp³-hybridized carbons (Fsp3) is 0.385. The largest absolute Gasteiger partial charge is 0.103 e. The third-order valence-corrected chi connectivity index (χ3v) is 4.89. The Kier molecular flexibility index (Phi) is 4.66. The maximum absolute atomic E-state index is 3.85. The van der Waals surface area contributed by atoms with Crippen LogP contribution in [0.15, 0.2) is 43.0 Å². The molecule has 1 aromatic rings. The van der Waals surface area contributed by atoms with Gasteiger partial charge in [0.2, 0.25) is 0 Å². The summed E-state index contributed by atoms with van der Waals surface area (Å²) in [5.74, 6) is 1.15. The van der Waals surface area contributed by atoms with Crippen molar-refractivity contribution in [1.29, 1.82) is 0 Å². The fourth-order valence-corrected chi connectivity index (χ4v) is 2.23. The van der Waals surface area contributed by atoms with Gasteiger partial charge >= 0.3 is 0 Å². The van der Waals surface area contributed by atoms with Gasteiger partial charge in [-0.15, -0.1) is 6.58 Å². The topological polar surface area (TPSA) is 0 Å². The van der Waals surface area contributed by atoms with Gasteiger partial charge in [0.05, 0.1) is 0 Å². The van der Waals surface area contributed by atoms with Gasteiger partial charge < -0.3 is 0 Å². The van der Waals surface area contributed by atoms with Crippen LogP contribution < -0.4 is 0 Å². The molecule has 3 unspecified atom stereocenters. The standard InChI is InChI=1S/C13H17I/c1-4-10(2)13(14)11(3)12-8-6-5-7-9-12/h4-11,13H,1H2,2-3H3. The van der Waals surface area contributed by atoms with Crippen molar-refractivity contribution >= 4 is 22.6 Å². The Morgan fingerprint density at radius 2 is 1.79 bits per heavy atom. The van der Waals surface area contributed by atoms with E-state index in [1.54, 1.807) is 0 Å². The minimum Gasteiger partial charge on any atom is -0.103 e. The molecule has 1 heteroatoms. The molecule has 0 radical (unpaired) electrons. The van der Waals surface area contributed by atoms with Crippen LogP contribution in [0.2, 0.25) is 0 Å². The van der Waals surface area contributed by atoms with Crippen molar-refractivity contribution in [3.8, 4) is 0 Å². The zero-order chi connectivity index (χ0) is 10.6. The number of hydrogen-bond acceptors (Lipinski definition) is 0. The summed E-state index contributed by atoms with van der Waals surface area (Å²) < 4.78 is 0.618. The Morgan fingerprint density at radius 3 is 2.29 bits per heavy atom. The van der Waals surface area contributed by atoms with Gasteiger partial charge in [0.1, 0.15) is 0 Å². The lowest BCUT2D eigenvalue weighted by molar-refractivity contribution is 0.608. The second-order valence-corrected chi connectivity index (χ2v) is 5.18. The second-order valence-electron chi connectivity index (χ2n) is 3.74. The first-order valence-electron chi connectivity index (χ1n) is 4.98. The molecule has 0 spiro atoms. The van der Waals surface area contributed by atoms with Crippen LogP contribution in [0.5, 0.6) is 0 Å². The minimum atomic E-state index is 0.561. The van der Waals surface area contributed by atoms with Crippen LogP contribution >= 0.6 is 22.6 Å². The van der Waals surface area contributed by atoms with Crippen molar-refractivity contribution in [2.24, 2.45) is 5.92 Å². The zero-order valence-electron chi connectivity index (χ0n) is 8.78. The van der Waals surface area contributed by atoms with E-state index in [9.17, 15) is 0 Å². The van der Waals surface area contributed by atoms with E-state index in [0.717, 1.165) is 0 Å². The van der Waals surface area contributed by atoms with E-state index in [1.165, 1.54) is 5.56 Å². The lowest BCUT2D eigenvalue weighted by Gasteiger charge is -2.22. The van der Waals surface area contributed by atoms with Crippen LogP contribution in [0.4, 0.5) is 0 Å². The van der Waals surface area contributed by atoms with Gasteiger partial charge in [-0.2, -0.15) is 0 Å². The van der Waals surface area contributed by atoms with Crippen LogP contribution in [0.3, 0.4) is 0 Å². The molecule has 14 heavy (non-hydrogen) atoms. The number of halogens is 1. The van der Waals surface area contributed by atoms with E-state index in [-0.39, 0.29) is 0 Å². The maximum atomic E-state index is 3.85. The van der Waals surface area contributed by atoms with E-state index < -0.39 is 0 Å². The Hall–Kier alpha value is -0.310. The second kappa shape index (κ2) is 5.54. The summed E-state index contributed by atoms with van der Waals surface area (Å²) >= 11 is 2.53. The monoisotopic (exact) mass is 300 g/mol. The molecule has 1 aromatic carbocycles. The zero-order valence-corrected chi connectivity index (χ0v) is 10.9. The first-order chi connectivity index (χ1) is 6.66. The van der Waals surface area contributed by atoms with Gasteiger partial charge in [-0.3, -0.25) is 0 Å². The van der Waals surface area contributed by atoms with Crippen molar-refractivity contribution < 1.29 is 0 Å². The Bertz CT molecular complexity index is 279. The normalized spacial score (nSPS) is 17.1. The highest BCUT2D eigenvalue weighted by atomic mass is 127. The summed E-state index contributed by atoms with van der Waals surface area (Å²) in [5, 5.41) is 0. The molecule has 3 atom stereocenters. The Labute approximate surface area is 101 Å². The number of benzene rings is 1. The van der Waals surface area contributed by atoms with Gasteiger partial charge in [0, 0.05) is 3.92 Å². The average molecular weight is 300 g/mol. The Morgan fingerprint density at radius 1 is 1.21 bits per heavy atom. The minimum absolute atomic E-state index is 0.561. The molecule has 0 nitrogen and oxygen atoms in total. The van der Waals surface area contributed by atoms with Crippen LogP contribution in [-0.2, 0) is 0 Å².